The first kappa shape index (κ1) is 23.2. The lowest BCUT2D eigenvalue weighted by Crippen LogP contribution is -2.45. The SMILES string of the molecule is O=C(CNS(=O)(=O)c1cccc(C(F)(F)F)c1)N1CCC(OCc2ccccc2)CC1. The molecule has 1 fully saturated rings. The van der Waals surface area contributed by atoms with E-state index in [-0.39, 0.29) is 6.10 Å². The summed E-state index contributed by atoms with van der Waals surface area (Å²) in [6, 6.07) is 13.1. The second-order valence-corrected chi connectivity index (χ2v) is 8.99. The number of ether oxygens (including phenoxy) is 1. The molecule has 0 atom stereocenters. The van der Waals surface area contributed by atoms with E-state index < -0.39 is 39.1 Å². The molecule has 1 amide bonds. The largest absolute Gasteiger partial charge is 0.416 e. The van der Waals surface area contributed by atoms with Crippen LogP contribution in [0.1, 0.15) is 24.0 Å². The number of amides is 1. The molecule has 10 heteroatoms. The molecule has 0 bridgehead atoms. The molecule has 1 heterocycles. The molecule has 168 valence electrons. The highest BCUT2D eigenvalue weighted by Gasteiger charge is 2.32. The van der Waals surface area contributed by atoms with E-state index >= 15 is 0 Å². The Balaban J connectivity index is 1.48. The molecule has 31 heavy (non-hydrogen) atoms. The molecule has 1 aliphatic heterocycles. The van der Waals surface area contributed by atoms with Crippen LogP contribution >= 0.6 is 0 Å². The normalized spacial score (nSPS) is 15.8. The maximum atomic E-state index is 12.8. The van der Waals surface area contributed by atoms with Crippen molar-refractivity contribution in [2.24, 2.45) is 0 Å². The fraction of sp³-hybridized carbons (Fsp3) is 0.381. The van der Waals surface area contributed by atoms with Crippen LogP contribution in [-0.2, 0) is 32.3 Å². The van der Waals surface area contributed by atoms with Crippen molar-refractivity contribution >= 4 is 15.9 Å². The van der Waals surface area contributed by atoms with Gasteiger partial charge in [0.1, 0.15) is 0 Å². The number of sulfonamides is 1. The monoisotopic (exact) mass is 456 g/mol. The Morgan fingerprint density at radius 3 is 2.39 bits per heavy atom. The van der Waals surface area contributed by atoms with Crippen molar-refractivity contribution in [2.75, 3.05) is 19.6 Å². The van der Waals surface area contributed by atoms with Crippen LogP contribution in [0.5, 0.6) is 0 Å². The van der Waals surface area contributed by atoms with Gasteiger partial charge in [0.05, 0.1) is 29.7 Å². The number of hydrogen-bond donors (Lipinski definition) is 1. The van der Waals surface area contributed by atoms with Gasteiger partial charge in [0.2, 0.25) is 15.9 Å². The van der Waals surface area contributed by atoms with E-state index in [1.165, 1.54) is 4.90 Å². The van der Waals surface area contributed by atoms with E-state index in [1.807, 2.05) is 30.3 Å². The minimum atomic E-state index is -4.66. The lowest BCUT2D eigenvalue weighted by atomic mass is 10.1. The van der Waals surface area contributed by atoms with Crippen LogP contribution in [0, 0.1) is 0 Å². The van der Waals surface area contributed by atoms with Gasteiger partial charge in [0.25, 0.3) is 0 Å². The molecule has 2 aromatic carbocycles. The zero-order valence-corrected chi connectivity index (χ0v) is 17.5. The van der Waals surface area contributed by atoms with Gasteiger partial charge in [-0.25, -0.2) is 13.1 Å². The molecule has 0 spiro atoms. The molecule has 0 saturated carbocycles. The Hall–Kier alpha value is -2.43. The number of piperidine rings is 1. The van der Waals surface area contributed by atoms with E-state index in [1.54, 1.807) is 0 Å². The molecule has 0 aliphatic carbocycles. The van der Waals surface area contributed by atoms with E-state index in [2.05, 4.69) is 4.72 Å². The highest BCUT2D eigenvalue weighted by Crippen LogP contribution is 2.30. The van der Waals surface area contributed by atoms with Gasteiger partial charge in [-0.3, -0.25) is 4.79 Å². The van der Waals surface area contributed by atoms with Gasteiger partial charge >= 0.3 is 6.18 Å². The number of nitrogens with one attached hydrogen (secondary N) is 1. The van der Waals surface area contributed by atoms with Gasteiger partial charge in [-0.2, -0.15) is 13.2 Å². The van der Waals surface area contributed by atoms with Gasteiger partial charge in [-0.1, -0.05) is 36.4 Å². The van der Waals surface area contributed by atoms with E-state index in [9.17, 15) is 26.4 Å². The molecule has 0 aromatic heterocycles. The summed E-state index contributed by atoms with van der Waals surface area (Å²) in [5.74, 6) is -0.433. The first-order valence-electron chi connectivity index (χ1n) is 9.75. The molecule has 6 nitrogen and oxygen atoms in total. The topological polar surface area (TPSA) is 75.7 Å². The first-order valence-corrected chi connectivity index (χ1v) is 11.2. The van der Waals surface area contributed by atoms with Crippen molar-refractivity contribution in [1.29, 1.82) is 0 Å². The number of likely N-dealkylation sites (tertiary alicyclic amines) is 1. The highest BCUT2D eigenvalue weighted by molar-refractivity contribution is 7.89. The average molecular weight is 456 g/mol. The number of benzene rings is 2. The molecule has 0 radical (unpaired) electrons. The minimum absolute atomic E-state index is 0.00561. The van der Waals surface area contributed by atoms with E-state index in [0.717, 1.165) is 23.8 Å². The summed E-state index contributed by atoms with van der Waals surface area (Å²) in [6.45, 7) is 0.803. The zero-order valence-electron chi connectivity index (χ0n) is 16.6. The smallest absolute Gasteiger partial charge is 0.373 e. The van der Waals surface area contributed by atoms with Crippen molar-refractivity contribution in [1.82, 2.24) is 9.62 Å². The number of carbonyl (C=O) groups is 1. The van der Waals surface area contributed by atoms with Gasteiger partial charge in [0, 0.05) is 13.1 Å². The Morgan fingerprint density at radius 2 is 1.74 bits per heavy atom. The van der Waals surface area contributed by atoms with Crippen LogP contribution in [0.3, 0.4) is 0 Å². The van der Waals surface area contributed by atoms with Crippen LogP contribution in [0.25, 0.3) is 0 Å². The Bertz CT molecular complexity index is 989. The highest BCUT2D eigenvalue weighted by atomic mass is 32.2. The molecule has 2 aromatic rings. The van der Waals surface area contributed by atoms with Crippen molar-refractivity contribution in [3.05, 3.63) is 65.7 Å². The summed E-state index contributed by atoms with van der Waals surface area (Å²) in [6.07, 6.45) is -3.40. The summed E-state index contributed by atoms with van der Waals surface area (Å²) in [7, 11) is -4.25. The number of carbonyl (C=O) groups excluding carboxylic acids is 1. The van der Waals surface area contributed by atoms with Gasteiger partial charge in [-0.15, -0.1) is 0 Å². The molecular formula is C21H23F3N2O4S. The average Bonchev–Trinajstić information content (AvgIpc) is 2.77. The third kappa shape index (κ3) is 6.52. The van der Waals surface area contributed by atoms with Crippen molar-refractivity contribution in [2.45, 2.75) is 36.6 Å². The zero-order chi connectivity index (χ0) is 22.5. The van der Waals surface area contributed by atoms with Gasteiger partial charge in [-0.05, 0) is 36.6 Å². The first-order chi connectivity index (χ1) is 14.6. The fourth-order valence-corrected chi connectivity index (χ4v) is 4.27. The van der Waals surface area contributed by atoms with Gasteiger partial charge < -0.3 is 9.64 Å². The summed E-state index contributed by atoms with van der Waals surface area (Å²) in [5.41, 5.74) is -0.00992. The second-order valence-electron chi connectivity index (χ2n) is 7.23. The minimum Gasteiger partial charge on any atom is -0.373 e. The second kappa shape index (κ2) is 9.80. The number of halogens is 3. The number of nitrogens with zero attached hydrogens (tertiary/aromatic N) is 1. The fourth-order valence-electron chi connectivity index (χ4n) is 3.25. The summed E-state index contributed by atoms with van der Waals surface area (Å²) in [5, 5.41) is 0. The Labute approximate surface area is 179 Å². The maximum absolute atomic E-state index is 12.8. The van der Waals surface area contributed by atoms with Crippen LogP contribution in [0.15, 0.2) is 59.5 Å². The lowest BCUT2D eigenvalue weighted by Gasteiger charge is -2.32. The predicted molar refractivity (Wildman–Crippen MR) is 107 cm³/mol. The summed E-state index contributed by atoms with van der Waals surface area (Å²) in [4.78, 5) is 13.4. The number of hydrogen-bond acceptors (Lipinski definition) is 4. The molecule has 3 rings (SSSR count). The molecule has 0 unspecified atom stereocenters. The number of alkyl halides is 3. The third-order valence-electron chi connectivity index (χ3n) is 5.01. The van der Waals surface area contributed by atoms with Crippen LogP contribution < -0.4 is 4.72 Å². The van der Waals surface area contributed by atoms with Crippen LogP contribution in [0.2, 0.25) is 0 Å². The summed E-state index contributed by atoms with van der Waals surface area (Å²) < 4.78 is 71.0. The Kier molecular flexibility index (Phi) is 7.34. The van der Waals surface area contributed by atoms with E-state index in [4.69, 9.17) is 4.74 Å². The van der Waals surface area contributed by atoms with Crippen LogP contribution in [0.4, 0.5) is 13.2 Å². The Morgan fingerprint density at radius 1 is 1.06 bits per heavy atom. The van der Waals surface area contributed by atoms with Crippen LogP contribution in [-0.4, -0.2) is 45.0 Å². The van der Waals surface area contributed by atoms with Crippen molar-refractivity contribution in [3.8, 4) is 0 Å². The van der Waals surface area contributed by atoms with Gasteiger partial charge in [0.15, 0.2) is 0 Å². The number of rotatable bonds is 7. The molecule has 1 N–H and O–H groups in total. The lowest BCUT2D eigenvalue weighted by molar-refractivity contribution is -0.137. The predicted octanol–water partition coefficient (Wildman–Crippen LogP) is 3.19. The van der Waals surface area contributed by atoms with Crippen molar-refractivity contribution < 1.29 is 31.1 Å². The van der Waals surface area contributed by atoms with E-state index in [0.29, 0.717) is 38.6 Å². The quantitative estimate of drug-likeness (QED) is 0.695. The molecular weight excluding hydrogens is 433 g/mol. The standard InChI is InChI=1S/C21H23F3N2O4S/c22-21(23,24)17-7-4-8-19(13-17)31(28,29)25-14-20(27)26-11-9-18(10-12-26)30-15-16-5-2-1-3-6-16/h1-8,13,18,25H,9-12,14-15H2. The summed E-state index contributed by atoms with van der Waals surface area (Å²) >= 11 is 0. The van der Waals surface area contributed by atoms with Crippen molar-refractivity contribution in [3.63, 3.8) is 0 Å². The maximum Gasteiger partial charge on any atom is 0.416 e. The molecule has 1 aliphatic rings. The molecule has 1 saturated heterocycles. The third-order valence-corrected chi connectivity index (χ3v) is 6.41.